The summed E-state index contributed by atoms with van der Waals surface area (Å²) in [6.07, 6.45) is 3.69. The molecular formula is C15H22FNO. The van der Waals surface area contributed by atoms with Gasteiger partial charge in [0.1, 0.15) is 5.82 Å². The summed E-state index contributed by atoms with van der Waals surface area (Å²) in [5.41, 5.74) is 0.633. The van der Waals surface area contributed by atoms with Crippen LogP contribution in [0.4, 0.5) is 4.39 Å². The van der Waals surface area contributed by atoms with E-state index in [2.05, 4.69) is 25.8 Å². The number of hydrogen-bond acceptors (Lipinski definition) is 2. The summed E-state index contributed by atoms with van der Waals surface area (Å²) in [6, 6.07) is 3.17. The molecular weight excluding hydrogens is 229 g/mol. The number of halogens is 1. The van der Waals surface area contributed by atoms with Crippen LogP contribution in [0.1, 0.15) is 45.2 Å². The van der Waals surface area contributed by atoms with Crippen LogP contribution in [0, 0.1) is 17.2 Å². The molecule has 0 bridgehead atoms. The van der Waals surface area contributed by atoms with Crippen LogP contribution in [0.3, 0.4) is 0 Å². The Labute approximate surface area is 109 Å². The molecule has 1 atom stereocenters. The van der Waals surface area contributed by atoms with Crippen molar-refractivity contribution in [3.8, 4) is 0 Å². The number of hydrogen-bond donors (Lipinski definition) is 0. The van der Waals surface area contributed by atoms with Crippen molar-refractivity contribution in [2.75, 3.05) is 13.2 Å². The largest absolute Gasteiger partial charge is 0.381 e. The summed E-state index contributed by atoms with van der Waals surface area (Å²) >= 11 is 0. The first-order valence-electron chi connectivity index (χ1n) is 6.68. The van der Waals surface area contributed by atoms with Gasteiger partial charge in [0.25, 0.3) is 0 Å². The molecule has 0 aliphatic carbocycles. The van der Waals surface area contributed by atoms with Gasteiger partial charge >= 0.3 is 0 Å². The Hall–Kier alpha value is -0.960. The highest BCUT2D eigenvalue weighted by molar-refractivity contribution is 5.16. The predicted octanol–water partition coefficient (Wildman–Crippen LogP) is 3.78. The number of rotatable bonds is 2. The quantitative estimate of drug-likeness (QED) is 0.798. The molecule has 2 nitrogen and oxygen atoms in total. The fourth-order valence-electron chi connectivity index (χ4n) is 3.02. The molecule has 1 fully saturated rings. The third-order valence-electron chi connectivity index (χ3n) is 3.75. The van der Waals surface area contributed by atoms with E-state index in [-0.39, 0.29) is 17.2 Å². The Bertz CT molecular complexity index is 394. The number of ether oxygens (including phenoxy) is 1. The van der Waals surface area contributed by atoms with Gasteiger partial charge in [0.05, 0.1) is 5.69 Å². The maximum absolute atomic E-state index is 14.0. The van der Waals surface area contributed by atoms with E-state index in [0.29, 0.717) is 11.6 Å². The van der Waals surface area contributed by atoms with E-state index in [1.54, 1.807) is 12.3 Å². The Kier molecular flexibility index (Phi) is 4.00. The second-order valence-corrected chi connectivity index (χ2v) is 6.16. The molecule has 0 saturated carbocycles. The Morgan fingerprint density at radius 1 is 1.33 bits per heavy atom. The highest BCUT2D eigenvalue weighted by atomic mass is 19.1. The minimum atomic E-state index is -0.177. The van der Waals surface area contributed by atoms with E-state index in [1.807, 2.05) is 0 Å². The lowest BCUT2D eigenvalue weighted by atomic mass is 9.68. The Morgan fingerprint density at radius 3 is 2.56 bits per heavy atom. The van der Waals surface area contributed by atoms with Crippen molar-refractivity contribution in [3.63, 3.8) is 0 Å². The van der Waals surface area contributed by atoms with Gasteiger partial charge in [-0.15, -0.1) is 0 Å². The summed E-state index contributed by atoms with van der Waals surface area (Å²) in [6.45, 7) is 8.07. The molecule has 1 aromatic rings. The van der Waals surface area contributed by atoms with Crippen molar-refractivity contribution in [1.29, 1.82) is 0 Å². The second kappa shape index (κ2) is 5.35. The van der Waals surface area contributed by atoms with Crippen LogP contribution in [0.25, 0.3) is 0 Å². The maximum Gasteiger partial charge on any atom is 0.145 e. The van der Waals surface area contributed by atoms with Gasteiger partial charge in [0.2, 0.25) is 0 Å². The molecule has 0 unspecified atom stereocenters. The fourth-order valence-corrected chi connectivity index (χ4v) is 3.02. The molecule has 0 spiro atoms. The summed E-state index contributed by atoms with van der Waals surface area (Å²) in [5, 5.41) is 0. The van der Waals surface area contributed by atoms with Gasteiger partial charge in [-0.1, -0.05) is 20.8 Å². The van der Waals surface area contributed by atoms with Crippen LogP contribution in [-0.2, 0) is 4.74 Å². The van der Waals surface area contributed by atoms with E-state index in [0.717, 1.165) is 26.1 Å². The van der Waals surface area contributed by atoms with E-state index in [4.69, 9.17) is 4.74 Å². The molecule has 18 heavy (non-hydrogen) atoms. The van der Waals surface area contributed by atoms with E-state index < -0.39 is 0 Å². The first-order chi connectivity index (χ1) is 8.50. The third kappa shape index (κ3) is 2.89. The van der Waals surface area contributed by atoms with Crippen molar-refractivity contribution in [1.82, 2.24) is 4.98 Å². The maximum atomic E-state index is 14.0. The molecule has 2 heterocycles. The highest BCUT2D eigenvalue weighted by Crippen LogP contribution is 2.44. The van der Waals surface area contributed by atoms with Crippen molar-refractivity contribution in [2.24, 2.45) is 11.3 Å². The molecule has 1 saturated heterocycles. The number of aromatic nitrogens is 1. The second-order valence-electron chi connectivity index (χ2n) is 6.16. The zero-order valence-electron chi connectivity index (χ0n) is 11.4. The SMILES string of the molecule is CC(C)(C)[C@H](c1ncccc1F)C1CCOCC1. The molecule has 1 aromatic heterocycles. The van der Waals surface area contributed by atoms with Crippen molar-refractivity contribution >= 4 is 0 Å². The minimum absolute atomic E-state index is 0.0111. The minimum Gasteiger partial charge on any atom is -0.381 e. The molecule has 3 heteroatoms. The van der Waals surface area contributed by atoms with Gasteiger partial charge in [-0.25, -0.2) is 4.39 Å². The lowest BCUT2D eigenvalue weighted by Gasteiger charge is -2.38. The monoisotopic (exact) mass is 251 g/mol. The zero-order chi connectivity index (χ0) is 13.2. The lowest BCUT2D eigenvalue weighted by Crippen LogP contribution is -2.31. The lowest BCUT2D eigenvalue weighted by molar-refractivity contribution is 0.0403. The van der Waals surface area contributed by atoms with Crippen molar-refractivity contribution < 1.29 is 9.13 Å². The van der Waals surface area contributed by atoms with Crippen molar-refractivity contribution in [2.45, 2.75) is 39.5 Å². The number of nitrogens with zero attached hydrogens (tertiary/aromatic N) is 1. The zero-order valence-corrected chi connectivity index (χ0v) is 11.4. The van der Waals surface area contributed by atoms with Crippen LogP contribution in [0.2, 0.25) is 0 Å². The first kappa shape index (κ1) is 13.5. The summed E-state index contributed by atoms with van der Waals surface area (Å²) in [5.74, 6) is 0.440. The van der Waals surface area contributed by atoms with Crippen LogP contribution >= 0.6 is 0 Å². The third-order valence-corrected chi connectivity index (χ3v) is 3.75. The molecule has 2 rings (SSSR count). The van der Waals surface area contributed by atoms with Gasteiger partial charge in [0, 0.05) is 25.3 Å². The Balaban J connectivity index is 2.34. The molecule has 1 aliphatic heterocycles. The molecule has 0 radical (unpaired) electrons. The van der Waals surface area contributed by atoms with Gasteiger partial charge < -0.3 is 4.74 Å². The van der Waals surface area contributed by atoms with E-state index in [9.17, 15) is 4.39 Å². The number of pyridine rings is 1. The van der Waals surface area contributed by atoms with E-state index >= 15 is 0 Å². The summed E-state index contributed by atoms with van der Waals surface area (Å²) in [7, 11) is 0. The van der Waals surface area contributed by atoms with Gasteiger partial charge in [-0.05, 0) is 36.3 Å². The first-order valence-corrected chi connectivity index (χ1v) is 6.68. The van der Waals surface area contributed by atoms with Crippen LogP contribution in [0.5, 0.6) is 0 Å². The average Bonchev–Trinajstić information content (AvgIpc) is 2.32. The van der Waals surface area contributed by atoms with E-state index in [1.165, 1.54) is 6.07 Å². The standard InChI is InChI=1S/C15H22FNO/c1-15(2,3)13(11-6-9-18-10-7-11)14-12(16)5-4-8-17-14/h4-5,8,11,13H,6-7,9-10H2,1-3H3/t13-/m0/s1. The Morgan fingerprint density at radius 2 is 2.00 bits per heavy atom. The fraction of sp³-hybridized carbons (Fsp3) is 0.667. The average molecular weight is 251 g/mol. The van der Waals surface area contributed by atoms with Crippen molar-refractivity contribution in [3.05, 3.63) is 29.8 Å². The molecule has 0 aromatic carbocycles. The van der Waals surface area contributed by atoms with Crippen LogP contribution in [0.15, 0.2) is 18.3 Å². The molecule has 0 N–H and O–H groups in total. The van der Waals surface area contributed by atoms with Gasteiger partial charge in [-0.2, -0.15) is 0 Å². The highest BCUT2D eigenvalue weighted by Gasteiger charge is 2.36. The summed E-state index contributed by atoms with van der Waals surface area (Å²) in [4.78, 5) is 4.30. The molecule has 0 amide bonds. The predicted molar refractivity (Wildman–Crippen MR) is 69.9 cm³/mol. The van der Waals surface area contributed by atoms with Crippen LogP contribution in [-0.4, -0.2) is 18.2 Å². The topological polar surface area (TPSA) is 22.1 Å². The summed E-state index contributed by atoms with van der Waals surface area (Å²) < 4.78 is 19.4. The normalized spacial score (nSPS) is 19.8. The molecule has 1 aliphatic rings. The van der Waals surface area contributed by atoms with Gasteiger partial charge in [0.15, 0.2) is 0 Å². The molecule has 100 valence electrons. The smallest absolute Gasteiger partial charge is 0.145 e. The van der Waals surface area contributed by atoms with Gasteiger partial charge in [-0.3, -0.25) is 4.98 Å². The van der Waals surface area contributed by atoms with Crippen LogP contribution < -0.4 is 0 Å².